The van der Waals surface area contributed by atoms with Crippen LogP contribution in [0, 0.1) is 17.8 Å². The fraction of sp³-hybridized carbons (Fsp3) is 0.579. The lowest BCUT2D eigenvalue weighted by Crippen LogP contribution is -2.29. The van der Waals surface area contributed by atoms with Crippen LogP contribution in [0.25, 0.3) is 0 Å². The van der Waals surface area contributed by atoms with Gasteiger partial charge in [0.15, 0.2) is 6.61 Å². The fourth-order valence-electron chi connectivity index (χ4n) is 4.20. The lowest BCUT2D eigenvalue weighted by Gasteiger charge is -2.24. The van der Waals surface area contributed by atoms with Crippen molar-refractivity contribution < 1.29 is 19.4 Å². The molecule has 2 aliphatic rings. The summed E-state index contributed by atoms with van der Waals surface area (Å²) < 4.78 is 5.11. The molecule has 2 fully saturated rings. The van der Waals surface area contributed by atoms with E-state index in [1.807, 2.05) is 19.2 Å². The van der Waals surface area contributed by atoms with Gasteiger partial charge in [-0.3, -0.25) is 4.79 Å². The number of rotatable bonds is 7. The number of ether oxygens (including phenoxy) is 1. The molecule has 24 heavy (non-hydrogen) atoms. The molecule has 2 bridgehead atoms. The van der Waals surface area contributed by atoms with Crippen LogP contribution in [0.1, 0.15) is 37.7 Å². The molecule has 0 radical (unpaired) electrons. The van der Waals surface area contributed by atoms with Gasteiger partial charge in [0.1, 0.15) is 5.75 Å². The van der Waals surface area contributed by atoms with E-state index in [2.05, 4.69) is 0 Å². The van der Waals surface area contributed by atoms with Crippen molar-refractivity contribution in [2.45, 2.75) is 38.6 Å². The van der Waals surface area contributed by atoms with Crippen LogP contribution >= 0.6 is 0 Å². The van der Waals surface area contributed by atoms with Crippen LogP contribution in [-0.2, 0) is 16.1 Å². The first-order chi connectivity index (χ1) is 11.5. The van der Waals surface area contributed by atoms with Crippen molar-refractivity contribution in [2.75, 3.05) is 13.7 Å². The lowest BCUT2D eigenvalue weighted by atomic mass is 9.86. The summed E-state index contributed by atoms with van der Waals surface area (Å²) in [5.41, 5.74) is 1.02. The maximum Gasteiger partial charge on any atom is 0.341 e. The van der Waals surface area contributed by atoms with Gasteiger partial charge in [-0.2, -0.15) is 0 Å². The molecule has 1 amide bonds. The normalized spacial score (nSPS) is 24.8. The molecule has 0 heterocycles. The van der Waals surface area contributed by atoms with E-state index < -0.39 is 5.97 Å². The third-order valence-electron chi connectivity index (χ3n) is 5.45. The number of carbonyl (C=O) groups excluding carboxylic acids is 1. The summed E-state index contributed by atoms with van der Waals surface area (Å²) in [5.74, 6) is 1.99. The Kier molecular flexibility index (Phi) is 5.07. The zero-order chi connectivity index (χ0) is 17.1. The Labute approximate surface area is 142 Å². The SMILES string of the molecule is CN(Cc1ccc(OCC(=O)O)cc1)C(=O)CC1CC2CCC1C2. The molecular formula is C19H25NO4. The minimum atomic E-state index is -0.995. The number of carboxylic acids is 1. The van der Waals surface area contributed by atoms with Crippen molar-refractivity contribution in [3.63, 3.8) is 0 Å². The number of nitrogens with zero attached hydrogens (tertiary/aromatic N) is 1. The van der Waals surface area contributed by atoms with Crippen molar-refractivity contribution in [2.24, 2.45) is 17.8 Å². The monoisotopic (exact) mass is 331 g/mol. The molecule has 2 aliphatic carbocycles. The highest BCUT2D eigenvalue weighted by Crippen LogP contribution is 2.49. The van der Waals surface area contributed by atoms with E-state index >= 15 is 0 Å². The van der Waals surface area contributed by atoms with Crippen LogP contribution in [0.2, 0.25) is 0 Å². The molecule has 3 atom stereocenters. The van der Waals surface area contributed by atoms with Crippen LogP contribution in [0.3, 0.4) is 0 Å². The summed E-state index contributed by atoms with van der Waals surface area (Å²) in [7, 11) is 1.85. The van der Waals surface area contributed by atoms with E-state index in [0.29, 0.717) is 24.6 Å². The minimum Gasteiger partial charge on any atom is -0.482 e. The Bertz CT molecular complexity index is 598. The van der Waals surface area contributed by atoms with Gasteiger partial charge in [-0.15, -0.1) is 0 Å². The van der Waals surface area contributed by atoms with Gasteiger partial charge in [0, 0.05) is 20.0 Å². The summed E-state index contributed by atoms with van der Waals surface area (Å²) in [6.45, 7) is 0.222. The van der Waals surface area contributed by atoms with E-state index in [9.17, 15) is 9.59 Å². The van der Waals surface area contributed by atoms with Gasteiger partial charge in [-0.25, -0.2) is 4.79 Å². The number of aliphatic carboxylic acids is 1. The first kappa shape index (κ1) is 16.8. The average molecular weight is 331 g/mol. The summed E-state index contributed by atoms with van der Waals surface area (Å²) >= 11 is 0. The van der Waals surface area contributed by atoms with Gasteiger partial charge in [0.25, 0.3) is 0 Å². The number of carbonyl (C=O) groups is 2. The van der Waals surface area contributed by atoms with Crippen LogP contribution in [0.5, 0.6) is 5.75 Å². The minimum absolute atomic E-state index is 0.221. The van der Waals surface area contributed by atoms with E-state index in [0.717, 1.165) is 17.4 Å². The average Bonchev–Trinajstić information content (AvgIpc) is 3.17. The number of hydrogen-bond acceptors (Lipinski definition) is 3. The molecule has 0 aromatic heterocycles. The summed E-state index contributed by atoms with van der Waals surface area (Å²) in [4.78, 5) is 24.7. The molecular weight excluding hydrogens is 306 g/mol. The molecule has 0 spiro atoms. The lowest BCUT2D eigenvalue weighted by molar-refractivity contribution is -0.139. The Balaban J connectivity index is 1.47. The highest BCUT2D eigenvalue weighted by molar-refractivity contribution is 5.76. The molecule has 2 saturated carbocycles. The second-order valence-corrected chi connectivity index (χ2v) is 7.22. The third-order valence-corrected chi connectivity index (χ3v) is 5.45. The van der Waals surface area contributed by atoms with E-state index in [-0.39, 0.29) is 12.5 Å². The molecule has 0 saturated heterocycles. The molecule has 5 heteroatoms. The molecule has 3 rings (SSSR count). The van der Waals surface area contributed by atoms with Crippen molar-refractivity contribution in [3.05, 3.63) is 29.8 Å². The smallest absolute Gasteiger partial charge is 0.341 e. The quantitative estimate of drug-likeness (QED) is 0.834. The Hall–Kier alpha value is -2.04. The Morgan fingerprint density at radius 3 is 2.54 bits per heavy atom. The van der Waals surface area contributed by atoms with Crippen molar-refractivity contribution in [1.82, 2.24) is 4.90 Å². The maximum atomic E-state index is 12.5. The first-order valence-electron chi connectivity index (χ1n) is 8.68. The van der Waals surface area contributed by atoms with Gasteiger partial charge < -0.3 is 14.7 Å². The van der Waals surface area contributed by atoms with Gasteiger partial charge in [-0.05, 0) is 54.7 Å². The number of benzene rings is 1. The highest BCUT2D eigenvalue weighted by Gasteiger charge is 2.40. The molecule has 1 aromatic rings. The molecule has 1 N–H and O–H groups in total. The maximum absolute atomic E-state index is 12.5. The summed E-state index contributed by atoms with van der Waals surface area (Å²) in [5, 5.41) is 8.60. The number of hydrogen-bond donors (Lipinski definition) is 1. The molecule has 1 aromatic carbocycles. The van der Waals surface area contributed by atoms with E-state index in [4.69, 9.17) is 9.84 Å². The van der Waals surface area contributed by atoms with Gasteiger partial charge in [-0.1, -0.05) is 18.6 Å². The standard InChI is InChI=1S/C19H25NO4/c1-20(18(21)10-16-9-14-2-5-15(16)8-14)11-13-3-6-17(7-4-13)24-12-19(22)23/h3-4,6-7,14-16H,2,5,8-12H2,1H3,(H,22,23). The molecule has 0 aliphatic heterocycles. The van der Waals surface area contributed by atoms with Crippen LogP contribution < -0.4 is 4.74 Å². The van der Waals surface area contributed by atoms with Crippen LogP contribution in [-0.4, -0.2) is 35.5 Å². The second kappa shape index (κ2) is 7.24. The summed E-state index contributed by atoms with van der Waals surface area (Å²) in [6, 6.07) is 7.23. The summed E-state index contributed by atoms with van der Waals surface area (Å²) in [6.07, 6.45) is 5.92. The predicted molar refractivity (Wildman–Crippen MR) is 89.6 cm³/mol. The zero-order valence-electron chi connectivity index (χ0n) is 14.1. The first-order valence-corrected chi connectivity index (χ1v) is 8.68. The Morgan fingerprint density at radius 2 is 1.96 bits per heavy atom. The van der Waals surface area contributed by atoms with Gasteiger partial charge in [0.05, 0.1) is 0 Å². The van der Waals surface area contributed by atoms with Crippen molar-refractivity contribution in [1.29, 1.82) is 0 Å². The third kappa shape index (κ3) is 4.08. The van der Waals surface area contributed by atoms with E-state index in [1.54, 1.807) is 17.0 Å². The van der Waals surface area contributed by atoms with Crippen molar-refractivity contribution in [3.8, 4) is 5.75 Å². The van der Waals surface area contributed by atoms with Crippen LogP contribution in [0.4, 0.5) is 0 Å². The molecule has 5 nitrogen and oxygen atoms in total. The predicted octanol–water partition coefficient (Wildman–Crippen LogP) is 2.93. The largest absolute Gasteiger partial charge is 0.482 e. The van der Waals surface area contributed by atoms with Gasteiger partial charge >= 0.3 is 5.97 Å². The fourth-order valence-corrected chi connectivity index (χ4v) is 4.20. The molecule has 3 unspecified atom stereocenters. The Morgan fingerprint density at radius 1 is 1.21 bits per heavy atom. The highest BCUT2D eigenvalue weighted by atomic mass is 16.5. The van der Waals surface area contributed by atoms with Crippen molar-refractivity contribution >= 4 is 11.9 Å². The van der Waals surface area contributed by atoms with Crippen LogP contribution in [0.15, 0.2) is 24.3 Å². The second-order valence-electron chi connectivity index (χ2n) is 7.22. The topological polar surface area (TPSA) is 66.8 Å². The number of carboxylic acid groups (broad SMARTS) is 1. The van der Waals surface area contributed by atoms with Gasteiger partial charge in [0.2, 0.25) is 5.91 Å². The van der Waals surface area contributed by atoms with E-state index in [1.165, 1.54) is 25.7 Å². The number of fused-ring (bicyclic) bond motifs is 2. The molecule has 130 valence electrons. The number of amides is 1. The zero-order valence-corrected chi connectivity index (χ0v) is 14.1.